The predicted octanol–water partition coefficient (Wildman–Crippen LogP) is 2.06. The van der Waals surface area contributed by atoms with Gasteiger partial charge in [-0.1, -0.05) is 6.08 Å². The lowest BCUT2D eigenvalue weighted by Gasteiger charge is -2.01. The number of hydrogen-bond donors (Lipinski definition) is 1. The Balaban J connectivity index is 2.67. The minimum Gasteiger partial charge on any atom is -0.387 e. The quantitative estimate of drug-likeness (QED) is 0.702. The Labute approximate surface area is 70.2 Å². The first-order valence-electron chi connectivity index (χ1n) is 3.45. The lowest BCUT2D eigenvalue weighted by molar-refractivity contribution is 0.185. The molecule has 0 aliphatic heterocycles. The van der Waals surface area contributed by atoms with E-state index in [1.54, 1.807) is 12.3 Å². The van der Waals surface area contributed by atoms with Crippen LogP contribution in [0.25, 0.3) is 0 Å². The summed E-state index contributed by atoms with van der Waals surface area (Å²) in [6, 6.07) is 0. The first kappa shape index (κ1) is 8.43. The third-order valence-corrected chi connectivity index (χ3v) is 2.37. The van der Waals surface area contributed by atoms with Gasteiger partial charge in [-0.2, -0.15) is 0 Å². The number of nitrogens with zero attached hydrogens (tertiary/aromatic N) is 1. The first-order chi connectivity index (χ1) is 5.24. The summed E-state index contributed by atoms with van der Waals surface area (Å²) >= 11 is 1.53. The van der Waals surface area contributed by atoms with E-state index >= 15 is 0 Å². The maximum Gasteiger partial charge on any atom is 0.0932 e. The van der Waals surface area contributed by atoms with E-state index < -0.39 is 6.10 Å². The Hall–Kier alpha value is -0.670. The molecule has 0 aliphatic rings. The summed E-state index contributed by atoms with van der Waals surface area (Å²) in [6.45, 7) is 5.48. The van der Waals surface area contributed by atoms with E-state index in [1.165, 1.54) is 11.3 Å². The van der Waals surface area contributed by atoms with E-state index in [4.69, 9.17) is 0 Å². The summed E-state index contributed by atoms with van der Waals surface area (Å²) in [4.78, 5) is 4.96. The van der Waals surface area contributed by atoms with Crippen LogP contribution in [0.4, 0.5) is 0 Å². The van der Waals surface area contributed by atoms with Gasteiger partial charge >= 0.3 is 0 Å². The van der Waals surface area contributed by atoms with Gasteiger partial charge in [-0.05, 0) is 13.3 Å². The van der Waals surface area contributed by atoms with Crippen LogP contribution in [0, 0.1) is 6.92 Å². The third-order valence-electron chi connectivity index (χ3n) is 1.36. The molecule has 11 heavy (non-hydrogen) atoms. The minimum atomic E-state index is -0.418. The SMILES string of the molecule is C=CCC(O)c1cnc(C)s1. The molecule has 1 aromatic rings. The van der Waals surface area contributed by atoms with Crippen molar-refractivity contribution < 1.29 is 5.11 Å². The van der Waals surface area contributed by atoms with Crippen molar-refractivity contribution in [2.75, 3.05) is 0 Å². The number of aryl methyl sites for hydroxylation is 1. The minimum absolute atomic E-state index is 0.418. The van der Waals surface area contributed by atoms with E-state index in [-0.39, 0.29) is 0 Å². The zero-order chi connectivity index (χ0) is 8.27. The Bertz CT molecular complexity index is 244. The molecule has 0 aromatic carbocycles. The molecule has 0 bridgehead atoms. The fourth-order valence-electron chi connectivity index (χ4n) is 0.806. The van der Waals surface area contributed by atoms with Gasteiger partial charge in [0.2, 0.25) is 0 Å². The maximum atomic E-state index is 9.43. The average molecular weight is 169 g/mol. The van der Waals surface area contributed by atoms with E-state index in [0.717, 1.165) is 9.88 Å². The summed E-state index contributed by atoms with van der Waals surface area (Å²) in [6.07, 6.45) is 3.61. The molecule has 0 saturated carbocycles. The van der Waals surface area contributed by atoms with Crippen molar-refractivity contribution in [2.24, 2.45) is 0 Å². The normalized spacial score (nSPS) is 12.9. The number of aliphatic hydroxyl groups is 1. The highest BCUT2D eigenvalue weighted by molar-refractivity contribution is 7.11. The summed E-state index contributed by atoms with van der Waals surface area (Å²) in [5, 5.41) is 10.4. The van der Waals surface area contributed by atoms with Crippen molar-refractivity contribution in [3.8, 4) is 0 Å². The highest BCUT2D eigenvalue weighted by Gasteiger charge is 2.07. The number of aliphatic hydroxyl groups excluding tert-OH is 1. The van der Waals surface area contributed by atoms with Crippen LogP contribution in [0.5, 0.6) is 0 Å². The molecule has 0 fully saturated rings. The van der Waals surface area contributed by atoms with Crippen LogP contribution in [0.3, 0.4) is 0 Å². The molecule has 0 saturated heterocycles. The molecule has 1 unspecified atom stereocenters. The van der Waals surface area contributed by atoms with Crippen molar-refractivity contribution in [3.05, 3.63) is 28.7 Å². The molecular formula is C8H11NOS. The molecule has 1 rings (SSSR count). The highest BCUT2D eigenvalue weighted by Crippen LogP contribution is 2.22. The second-order valence-electron chi connectivity index (χ2n) is 2.32. The Morgan fingerprint density at radius 2 is 2.64 bits per heavy atom. The number of thiazole rings is 1. The molecule has 0 radical (unpaired) electrons. The molecule has 1 atom stereocenters. The maximum absolute atomic E-state index is 9.43. The smallest absolute Gasteiger partial charge is 0.0932 e. The summed E-state index contributed by atoms with van der Waals surface area (Å²) in [5.41, 5.74) is 0. The van der Waals surface area contributed by atoms with Gasteiger partial charge in [0.25, 0.3) is 0 Å². The van der Waals surface area contributed by atoms with E-state index in [2.05, 4.69) is 11.6 Å². The van der Waals surface area contributed by atoms with E-state index in [9.17, 15) is 5.11 Å². The largest absolute Gasteiger partial charge is 0.387 e. The van der Waals surface area contributed by atoms with Crippen LogP contribution >= 0.6 is 11.3 Å². The van der Waals surface area contributed by atoms with Crippen molar-refractivity contribution >= 4 is 11.3 Å². The standard InChI is InChI=1S/C8H11NOS/c1-3-4-7(10)8-5-9-6(2)11-8/h3,5,7,10H,1,4H2,2H3. The van der Waals surface area contributed by atoms with Crippen molar-refractivity contribution in [1.29, 1.82) is 0 Å². The van der Waals surface area contributed by atoms with Gasteiger partial charge in [0.1, 0.15) is 0 Å². The molecule has 60 valence electrons. The molecule has 0 spiro atoms. The van der Waals surface area contributed by atoms with Gasteiger partial charge in [-0.25, -0.2) is 4.98 Å². The van der Waals surface area contributed by atoms with Crippen LogP contribution < -0.4 is 0 Å². The predicted molar refractivity (Wildman–Crippen MR) is 46.6 cm³/mol. The third kappa shape index (κ3) is 2.13. The summed E-state index contributed by atoms with van der Waals surface area (Å²) in [7, 11) is 0. The molecule has 2 nitrogen and oxygen atoms in total. The van der Waals surface area contributed by atoms with Crippen molar-refractivity contribution in [1.82, 2.24) is 4.98 Å². The fraction of sp³-hybridized carbons (Fsp3) is 0.375. The second kappa shape index (κ2) is 3.64. The lowest BCUT2D eigenvalue weighted by atomic mass is 10.2. The van der Waals surface area contributed by atoms with Crippen LogP contribution in [-0.2, 0) is 0 Å². The van der Waals surface area contributed by atoms with Gasteiger partial charge in [0, 0.05) is 6.20 Å². The molecular weight excluding hydrogens is 158 g/mol. The van der Waals surface area contributed by atoms with Crippen LogP contribution in [0.15, 0.2) is 18.9 Å². The van der Waals surface area contributed by atoms with E-state index in [1.807, 2.05) is 6.92 Å². The first-order valence-corrected chi connectivity index (χ1v) is 4.27. The molecule has 1 heterocycles. The van der Waals surface area contributed by atoms with Gasteiger partial charge in [-0.15, -0.1) is 17.9 Å². The summed E-state index contributed by atoms with van der Waals surface area (Å²) in [5.74, 6) is 0. The van der Waals surface area contributed by atoms with Crippen molar-refractivity contribution in [3.63, 3.8) is 0 Å². The van der Waals surface area contributed by atoms with Gasteiger partial charge < -0.3 is 5.11 Å². The highest BCUT2D eigenvalue weighted by atomic mass is 32.1. The van der Waals surface area contributed by atoms with Crippen LogP contribution in [0.1, 0.15) is 22.4 Å². The molecule has 1 aromatic heterocycles. The Morgan fingerprint density at radius 1 is 1.91 bits per heavy atom. The van der Waals surface area contributed by atoms with Crippen LogP contribution in [0.2, 0.25) is 0 Å². The van der Waals surface area contributed by atoms with Crippen LogP contribution in [-0.4, -0.2) is 10.1 Å². The van der Waals surface area contributed by atoms with Gasteiger partial charge in [0.05, 0.1) is 16.0 Å². The zero-order valence-electron chi connectivity index (χ0n) is 6.45. The topological polar surface area (TPSA) is 33.1 Å². The molecule has 3 heteroatoms. The lowest BCUT2D eigenvalue weighted by Crippen LogP contribution is -1.90. The Kier molecular flexibility index (Phi) is 2.79. The van der Waals surface area contributed by atoms with Gasteiger partial charge in [-0.3, -0.25) is 0 Å². The number of rotatable bonds is 3. The van der Waals surface area contributed by atoms with E-state index in [0.29, 0.717) is 6.42 Å². The fourth-order valence-corrected chi connectivity index (χ4v) is 1.59. The monoisotopic (exact) mass is 169 g/mol. The molecule has 0 amide bonds. The summed E-state index contributed by atoms with van der Waals surface area (Å²) < 4.78 is 0. The molecule has 0 aliphatic carbocycles. The number of aromatic nitrogens is 1. The van der Waals surface area contributed by atoms with Gasteiger partial charge in [0.15, 0.2) is 0 Å². The Morgan fingerprint density at radius 3 is 3.09 bits per heavy atom. The van der Waals surface area contributed by atoms with Crippen molar-refractivity contribution in [2.45, 2.75) is 19.4 Å². The zero-order valence-corrected chi connectivity index (χ0v) is 7.27. The number of hydrogen-bond acceptors (Lipinski definition) is 3. The second-order valence-corrected chi connectivity index (χ2v) is 3.59. The average Bonchev–Trinajstić information content (AvgIpc) is 2.36. The molecule has 1 N–H and O–H groups in total.